The Kier molecular flexibility index (Phi) is 6.45. The van der Waals surface area contributed by atoms with Gasteiger partial charge in [-0.2, -0.15) is 4.68 Å². The van der Waals surface area contributed by atoms with E-state index in [1.165, 1.54) is 16.4 Å². The van der Waals surface area contributed by atoms with Gasteiger partial charge in [-0.3, -0.25) is 9.59 Å². The molecule has 0 aliphatic rings. The number of carbonyl (C=O) groups excluding carboxylic acids is 2. The first-order valence-corrected chi connectivity index (χ1v) is 9.68. The molecule has 3 aromatic rings. The lowest BCUT2D eigenvalue weighted by atomic mass is 10.2. The van der Waals surface area contributed by atoms with Crippen LogP contribution in [-0.2, 0) is 4.79 Å². The molecule has 0 spiro atoms. The van der Waals surface area contributed by atoms with Gasteiger partial charge in [-0.05, 0) is 53.2 Å². The number of rotatable bonds is 7. The Morgan fingerprint density at radius 2 is 2.03 bits per heavy atom. The molecule has 150 valence electrons. The van der Waals surface area contributed by atoms with Gasteiger partial charge in [0, 0.05) is 18.3 Å². The molecular formula is C19H20N6O3S. The summed E-state index contributed by atoms with van der Waals surface area (Å²) in [5.74, 6) is 0.260. The van der Waals surface area contributed by atoms with E-state index in [-0.39, 0.29) is 17.6 Å². The Bertz CT molecular complexity index is 1040. The third-order valence-corrected chi connectivity index (χ3v) is 4.89. The molecule has 2 aromatic carbocycles. The molecule has 2 N–H and O–H groups in total. The van der Waals surface area contributed by atoms with Crippen LogP contribution in [0.4, 0.5) is 5.69 Å². The van der Waals surface area contributed by atoms with Crippen molar-refractivity contribution in [2.45, 2.75) is 12.1 Å². The summed E-state index contributed by atoms with van der Waals surface area (Å²) in [5.41, 5.74) is 2.73. The lowest BCUT2D eigenvalue weighted by Gasteiger charge is -2.10. The number of hydrogen-bond acceptors (Lipinski definition) is 7. The summed E-state index contributed by atoms with van der Waals surface area (Å²) in [5, 5.41) is 17.5. The molecule has 9 nitrogen and oxygen atoms in total. The first-order valence-electron chi connectivity index (χ1n) is 8.70. The molecule has 0 aliphatic carbocycles. The average Bonchev–Trinajstić information content (AvgIpc) is 3.20. The van der Waals surface area contributed by atoms with E-state index < -0.39 is 0 Å². The van der Waals surface area contributed by atoms with Crippen LogP contribution in [-0.4, -0.2) is 51.9 Å². The Morgan fingerprint density at radius 3 is 2.79 bits per heavy atom. The van der Waals surface area contributed by atoms with Gasteiger partial charge in [-0.1, -0.05) is 23.9 Å². The zero-order valence-electron chi connectivity index (χ0n) is 16.2. The van der Waals surface area contributed by atoms with Gasteiger partial charge in [-0.15, -0.1) is 5.10 Å². The number of methoxy groups -OCH3 is 1. The van der Waals surface area contributed by atoms with Crippen LogP contribution in [0.2, 0.25) is 0 Å². The number of tetrazole rings is 1. The molecule has 0 atom stereocenters. The molecule has 10 heteroatoms. The van der Waals surface area contributed by atoms with E-state index >= 15 is 0 Å². The summed E-state index contributed by atoms with van der Waals surface area (Å²) in [6, 6.07) is 12.4. The molecule has 2 amide bonds. The molecule has 0 saturated heterocycles. The molecule has 0 fully saturated rings. The third kappa shape index (κ3) is 4.91. The van der Waals surface area contributed by atoms with Crippen molar-refractivity contribution in [2.75, 3.05) is 25.2 Å². The Balaban J connectivity index is 1.69. The second-order valence-electron chi connectivity index (χ2n) is 6.05. The standard InChI is InChI=1S/C19H20N6O3S/c1-12-7-8-16(28-3)15(9-12)25-19(22-23-24-25)29-11-17(26)21-14-6-4-5-13(10-14)18(27)20-2/h4-10H,11H2,1-3H3,(H,20,27)(H,21,26). The van der Waals surface area contributed by atoms with Gasteiger partial charge in [0.05, 0.1) is 12.9 Å². The van der Waals surface area contributed by atoms with Crippen LogP contribution in [0.15, 0.2) is 47.6 Å². The minimum atomic E-state index is -0.241. The molecule has 0 unspecified atom stereocenters. The summed E-state index contributed by atoms with van der Waals surface area (Å²) < 4.78 is 6.92. The maximum absolute atomic E-state index is 12.3. The second-order valence-corrected chi connectivity index (χ2v) is 6.99. The molecule has 0 aliphatic heterocycles. The number of anilines is 1. The second kappa shape index (κ2) is 9.20. The number of nitrogens with zero attached hydrogens (tertiary/aromatic N) is 4. The number of benzene rings is 2. The van der Waals surface area contributed by atoms with Crippen molar-refractivity contribution in [1.29, 1.82) is 0 Å². The predicted octanol–water partition coefficient (Wildman–Crippen LogP) is 2.07. The lowest BCUT2D eigenvalue weighted by Crippen LogP contribution is -2.19. The quantitative estimate of drug-likeness (QED) is 0.572. The van der Waals surface area contributed by atoms with Crippen LogP contribution in [0.5, 0.6) is 5.75 Å². The normalized spacial score (nSPS) is 10.4. The third-order valence-electron chi connectivity index (χ3n) is 3.97. The van der Waals surface area contributed by atoms with E-state index in [9.17, 15) is 9.59 Å². The van der Waals surface area contributed by atoms with E-state index in [2.05, 4.69) is 26.2 Å². The van der Waals surface area contributed by atoms with E-state index in [0.717, 1.165) is 5.56 Å². The van der Waals surface area contributed by atoms with Gasteiger partial charge in [0.1, 0.15) is 11.4 Å². The van der Waals surface area contributed by atoms with Crippen molar-refractivity contribution in [3.05, 3.63) is 53.6 Å². The fraction of sp³-hybridized carbons (Fsp3) is 0.211. The van der Waals surface area contributed by atoms with Gasteiger partial charge in [0.25, 0.3) is 5.91 Å². The number of thioether (sulfide) groups is 1. The van der Waals surface area contributed by atoms with Crippen LogP contribution in [0.1, 0.15) is 15.9 Å². The fourth-order valence-electron chi connectivity index (χ4n) is 2.60. The number of ether oxygens (including phenoxy) is 1. The largest absolute Gasteiger partial charge is 0.494 e. The Labute approximate surface area is 171 Å². The predicted molar refractivity (Wildman–Crippen MR) is 110 cm³/mol. The fourth-order valence-corrected chi connectivity index (χ4v) is 3.28. The highest BCUT2D eigenvalue weighted by Gasteiger charge is 2.15. The first kappa shape index (κ1) is 20.3. The number of hydrogen-bond donors (Lipinski definition) is 2. The first-order chi connectivity index (χ1) is 14.0. The van der Waals surface area contributed by atoms with Crippen molar-refractivity contribution in [1.82, 2.24) is 25.5 Å². The van der Waals surface area contributed by atoms with Crippen molar-refractivity contribution >= 4 is 29.3 Å². The van der Waals surface area contributed by atoms with Crippen molar-refractivity contribution < 1.29 is 14.3 Å². The van der Waals surface area contributed by atoms with Crippen molar-refractivity contribution in [2.24, 2.45) is 0 Å². The van der Waals surface area contributed by atoms with Gasteiger partial charge >= 0.3 is 0 Å². The zero-order chi connectivity index (χ0) is 20.8. The van der Waals surface area contributed by atoms with Crippen LogP contribution >= 0.6 is 11.8 Å². The van der Waals surface area contributed by atoms with Crippen LogP contribution < -0.4 is 15.4 Å². The average molecular weight is 412 g/mol. The number of carbonyl (C=O) groups is 2. The van der Waals surface area contributed by atoms with Crippen molar-refractivity contribution in [3.8, 4) is 11.4 Å². The lowest BCUT2D eigenvalue weighted by molar-refractivity contribution is -0.113. The number of aromatic nitrogens is 4. The van der Waals surface area contributed by atoms with E-state index in [0.29, 0.717) is 27.8 Å². The molecule has 1 heterocycles. The molecule has 3 rings (SSSR count). The van der Waals surface area contributed by atoms with E-state index in [4.69, 9.17) is 4.74 Å². The smallest absolute Gasteiger partial charge is 0.251 e. The maximum atomic E-state index is 12.3. The van der Waals surface area contributed by atoms with E-state index in [1.807, 2.05) is 25.1 Å². The van der Waals surface area contributed by atoms with Gasteiger partial charge in [0.15, 0.2) is 0 Å². The van der Waals surface area contributed by atoms with Crippen LogP contribution in [0.3, 0.4) is 0 Å². The number of amides is 2. The highest BCUT2D eigenvalue weighted by Crippen LogP contribution is 2.27. The molecule has 0 saturated carbocycles. The molecule has 1 aromatic heterocycles. The zero-order valence-corrected chi connectivity index (χ0v) is 17.0. The Morgan fingerprint density at radius 1 is 1.21 bits per heavy atom. The molecule has 29 heavy (non-hydrogen) atoms. The van der Waals surface area contributed by atoms with Gasteiger partial charge in [0.2, 0.25) is 11.1 Å². The minimum Gasteiger partial charge on any atom is -0.494 e. The topological polar surface area (TPSA) is 111 Å². The van der Waals surface area contributed by atoms with Gasteiger partial charge < -0.3 is 15.4 Å². The van der Waals surface area contributed by atoms with Crippen LogP contribution in [0, 0.1) is 6.92 Å². The van der Waals surface area contributed by atoms with Crippen molar-refractivity contribution in [3.63, 3.8) is 0 Å². The Hall–Kier alpha value is -3.40. The SMILES string of the molecule is CNC(=O)c1cccc(NC(=O)CSc2nnnn2-c2cc(C)ccc2OC)c1. The highest BCUT2D eigenvalue weighted by atomic mass is 32.2. The summed E-state index contributed by atoms with van der Waals surface area (Å²) in [6.07, 6.45) is 0. The molecule has 0 radical (unpaired) electrons. The minimum absolute atomic E-state index is 0.0959. The molecular weight excluding hydrogens is 392 g/mol. The van der Waals surface area contributed by atoms with Gasteiger partial charge in [-0.25, -0.2) is 0 Å². The van der Waals surface area contributed by atoms with E-state index in [1.54, 1.807) is 38.4 Å². The summed E-state index contributed by atoms with van der Waals surface area (Å²) in [7, 11) is 3.13. The number of aryl methyl sites for hydroxylation is 1. The summed E-state index contributed by atoms with van der Waals surface area (Å²) >= 11 is 1.20. The molecule has 0 bridgehead atoms. The summed E-state index contributed by atoms with van der Waals surface area (Å²) in [6.45, 7) is 1.96. The summed E-state index contributed by atoms with van der Waals surface area (Å²) in [4.78, 5) is 24.1. The monoisotopic (exact) mass is 412 g/mol. The maximum Gasteiger partial charge on any atom is 0.251 e. The van der Waals surface area contributed by atoms with Crippen LogP contribution in [0.25, 0.3) is 5.69 Å². The number of nitrogens with one attached hydrogen (secondary N) is 2. The highest BCUT2D eigenvalue weighted by molar-refractivity contribution is 7.99.